The average Bonchev–Trinajstić information content (AvgIpc) is 3.16. The van der Waals surface area contributed by atoms with Gasteiger partial charge in [-0.05, 0) is 39.3 Å². The quantitative estimate of drug-likeness (QED) is 0.767. The third-order valence-electron chi connectivity index (χ3n) is 3.60. The summed E-state index contributed by atoms with van der Waals surface area (Å²) in [6.07, 6.45) is 5.79. The number of nitrogens with zero attached hydrogens (tertiary/aromatic N) is 2. The van der Waals surface area contributed by atoms with E-state index in [4.69, 9.17) is 4.42 Å². The highest BCUT2D eigenvalue weighted by Gasteiger charge is 2.09. The molecule has 2 aromatic rings. The molecule has 1 unspecified atom stereocenters. The number of anilines is 1. The number of hydrogen-bond donors (Lipinski definition) is 1. The van der Waals surface area contributed by atoms with Gasteiger partial charge >= 0.3 is 0 Å². The van der Waals surface area contributed by atoms with E-state index in [2.05, 4.69) is 36.0 Å². The Hall–Kier alpha value is -1.33. The third-order valence-corrected chi connectivity index (χ3v) is 4.66. The van der Waals surface area contributed by atoms with Crippen LogP contribution >= 0.6 is 11.3 Å². The number of furan rings is 1. The zero-order valence-electron chi connectivity index (χ0n) is 13.1. The monoisotopic (exact) mass is 307 g/mol. The minimum Gasteiger partial charge on any atom is -0.469 e. The zero-order chi connectivity index (χ0) is 15.1. The molecule has 0 saturated carbocycles. The summed E-state index contributed by atoms with van der Waals surface area (Å²) < 4.78 is 5.36. The third kappa shape index (κ3) is 4.86. The lowest BCUT2D eigenvalue weighted by Crippen LogP contribution is -2.25. The highest BCUT2D eigenvalue weighted by atomic mass is 32.1. The number of aryl methyl sites for hydroxylation is 1. The maximum absolute atomic E-state index is 5.36. The molecule has 2 aromatic heterocycles. The normalized spacial score (nSPS) is 12.5. The Morgan fingerprint density at radius 1 is 1.38 bits per heavy atom. The molecular formula is C16H25N3OS. The Kier molecular flexibility index (Phi) is 6.26. The van der Waals surface area contributed by atoms with E-state index < -0.39 is 0 Å². The molecule has 116 valence electrons. The van der Waals surface area contributed by atoms with Crippen molar-refractivity contribution in [1.82, 2.24) is 10.3 Å². The van der Waals surface area contributed by atoms with E-state index in [1.165, 1.54) is 4.88 Å². The molecule has 1 N–H and O–H groups in total. The van der Waals surface area contributed by atoms with Gasteiger partial charge in [-0.2, -0.15) is 0 Å². The molecule has 0 bridgehead atoms. The molecule has 4 nitrogen and oxygen atoms in total. The largest absolute Gasteiger partial charge is 0.469 e. The maximum atomic E-state index is 5.36. The average molecular weight is 307 g/mol. The molecule has 0 spiro atoms. The summed E-state index contributed by atoms with van der Waals surface area (Å²) in [6.45, 7) is 9.46. The lowest BCUT2D eigenvalue weighted by Gasteiger charge is -2.16. The molecule has 0 aliphatic rings. The Morgan fingerprint density at radius 3 is 2.86 bits per heavy atom. The molecule has 2 heterocycles. The number of aromatic nitrogens is 1. The molecule has 0 fully saturated rings. The van der Waals surface area contributed by atoms with E-state index in [1.54, 1.807) is 17.6 Å². The summed E-state index contributed by atoms with van der Waals surface area (Å²) in [7, 11) is 0. The summed E-state index contributed by atoms with van der Waals surface area (Å²) in [6, 6.07) is 4.44. The fourth-order valence-corrected chi connectivity index (χ4v) is 3.20. The van der Waals surface area contributed by atoms with Gasteiger partial charge in [0.1, 0.15) is 5.76 Å². The standard InChI is InChI=1S/C16H25N3OS/c1-4-19(5-2)16-18-12-15(21-16)11-17-13(3)8-9-14-7-6-10-20-14/h6-7,10,12-13,17H,4-5,8-9,11H2,1-3H3. The summed E-state index contributed by atoms with van der Waals surface area (Å²) in [5, 5.41) is 4.68. The van der Waals surface area contributed by atoms with Crippen molar-refractivity contribution >= 4 is 16.5 Å². The van der Waals surface area contributed by atoms with Gasteiger partial charge in [0, 0.05) is 43.2 Å². The summed E-state index contributed by atoms with van der Waals surface area (Å²) in [5.41, 5.74) is 0. The first-order valence-electron chi connectivity index (χ1n) is 7.68. The van der Waals surface area contributed by atoms with Crippen molar-refractivity contribution in [3.8, 4) is 0 Å². The van der Waals surface area contributed by atoms with Gasteiger partial charge in [-0.1, -0.05) is 0 Å². The molecule has 0 amide bonds. The van der Waals surface area contributed by atoms with Crippen LogP contribution in [0.1, 0.15) is 37.8 Å². The minimum absolute atomic E-state index is 0.467. The number of rotatable bonds is 9. The van der Waals surface area contributed by atoms with Gasteiger partial charge in [0.05, 0.1) is 6.26 Å². The van der Waals surface area contributed by atoms with Gasteiger partial charge in [0.25, 0.3) is 0 Å². The van der Waals surface area contributed by atoms with Crippen molar-refractivity contribution in [3.63, 3.8) is 0 Å². The molecule has 0 aliphatic heterocycles. The topological polar surface area (TPSA) is 41.3 Å². The second-order valence-electron chi connectivity index (χ2n) is 5.18. The number of nitrogens with one attached hydrogen (secondary N) is 1. The van der Waals surface area contributed by atoms with Crippen LogP contribution in [-0.2, 0) is 13.0 Å². The van der Waals surface area contributed by atoms with E-state index in [1.807, 2.05) is 18.3 Å². The highest BCUT2D eigenvalue weighted by Crippen LogP contribution is 2.22. The van der Waals surface area contributed by atoms with Gasteiger partial charge in [0.15, 0.2) is 5.13 Å². The van der Waals surface area contributed by atoms with E-state index in [0.717, 1.165) is 43.4 Å². The van der Waals surface area contributed by atoms with Crippen LogP contribution in [0.4, 0.5) is 5.13 Å². The van der Waals surface area contributed by atoms with Crippen molar-refractivity contribution in [2.75, 3.05) is 18.0 Å². The summed E-state index contributed by atoms with van der Waals surface area (Å²) >= 11 is 1.78. The van der Waals surface area contributed by atoms with E-state index in [-0.39, 0.29) is 0 Å². The van der Waals surface area contributed by atoms with Gasteiger partial charge in [0.2, 0.25) is 0 Å². The van der Waals surface area contributed by atoms with Crippen LogP contribution in [0.15, 0.2) is 29.0 Å². The Labute approximate surface area is 131 Å². The number of thiazole rings is 1. The lowest BCUT2D eigenvalue weighted by molar-refractivity contribution is 0.460. The van der Waals surface area contributed by atoms with Crippen molar-refractivity contribution in [2.24, 2.45) is 0 Å². The molecule has 0 aromatic carbocycles. The summed E-state index contributed by atoms with van der Waals surface area (Å²) in [5.74, 6) is 1.06. The molecule has 21 heavy (non-hydrogen) atoms. The zero-order valence-corrected chi connectivity index (χ0v) is 13.9. The van der Waals surface area contributed by atoms with E-state index >= 15 is 0 Å². The summed E-state index contributed by atoms with van der Waals surface area (Å²) in [4.78, 5) is 8.09. The maximum Gasteiger partial charge on any atom is 0.185 e. The van der Waals surface area contributed by atoms with Crippen molar-refractivity contribution in [1.29, 1.82) is 0 Å². The van der Waals surface area contributed by atoms with E-state index in [9.17, 15) is 0 Å². The Balaban J connectivity index is 1.74. The van der Waals surface area contributed by atoms with Crippen LogP contribution < -0.4 is 10.2 Å². The molecule has 2 rings (SSSR count). The van der Waals surface area contributed by atoms with E-state index in [0.29, 0.717) is 6.04 Å². The molecule has 0 aliphatic carbocycles. The lowest BCUT2D eigenvalue weighted by atomic mass is 10.1. The van der Waals surface area contributed by atoms with Gasteiger partial charge < -0.3 is 14.6 Å². The van der Waals surface area contributed by atoms with Crippen LogP contribution in [0, 0.1) is 0 Å². The first kappa shape index (κ1) is 16.0. The first-order valence-corrected chi connectivity index (χ1v) is 8.50. The van der Waals surface area contributed by atoms with Crippen LogP contribution in [0.25, 0.3) is 0 Å². The van der Waals surface area contributed by atoms with Crippen LogP contribution in [0.3, 0.4) is 0 Å². The van der Waals surface area contributed by atoms with Crippen LogP contribution in [0.5, 0.6) is 0 Å². The van der Waals surface area contributed by atoms with Gasteiger partial charge in [-0.25, -0.2) is 4.98 Å². The smallest absolute Gasteiger partial charge is 0.185 e. The van der Waals surface area contributed by atoms with Crippen molar-refractivity contribution in [3.05, 3.63) is 35.2 Å². The fraction of sp³-hybridized carbons (Fsp3) is 0.562. The van der Waals surface area contributed by atoms with Gasteiger partial charge in [-0.15, -0.1) is 11.3 Å². The molecule has 0 radical (unpaired) electrons. The predicted molar refractivity (Wildman–Crippen MR) is 89.0 cm³/mol. The number of hydrogen-bond acceptors (Lipinski definition) is 5. The Bertz CT molecular complexity index is 505. The Morgan fingerprint density at radius 2 is 2.19 bits per heavy atom. The molecule has 1 atom stereocenters. The van der Waals surface area contributed by atoms with Crippen LogP contribution in [0.2, 0.25) is 0 Å². The minimum atomic E-state index is 0.467. The molecular weight excluding hydrogens is 282 g/mol. The second kappa shape index (κ2) is 8.20. The predicted octanol–water partition coefficient (Wildman–Crippen LogP) is 3.69. The van der Waals surface area contributed by atoms with Gasteiger partial charge in [-0.3, -0.25) is 0 Å². The highest BCUT2D eigenvalue weighted by molar-refractivity contribution is 7.15. The molecule has 0 saturated heterocycles. The van der Waals surface area contributed by atoms with Crippen LogP contribution in [-0.4, -0.2) is 24.1 Å². The van der Waals surface area contributed by atoms with Crippen molar-refractivity contribution in [2.45, 2.75) is 46.2 Å². The first-order chi connectivity index (χ1) is 10.2. The molecule has 5 heteroatoms. The fourth-order valence-electron chi connectivity index (χ4n) is 2.21. The second-order valence-corrected chi connectivity index (χ2v) is 6.28. The SMILES string of the molecule is CCN(CC)c1ncc(CNC(C)CCc2ccco2)s1. The van der Waals surface area contributed by atoms with Crippen molar-refractivity contribution < 1.29 is 4.42 Å².